The smallest absolute Gasteiger partial charge is 0.257 e. The van der Waals surface area contributed by atoms with Crippen LogP contribution in [0.15, 0.2) is 53.9 Å². The molecule has 3 aromatic rings. The molecule has 3 rings (SSSR count). The zero-order valence-corrected chi connectivity index (χ0v) is 15.8. The van der Waals surface area contributed by atoms with Crippen LogP contribution in [0.4, 0.5) is 5.13 Å². The van der Waals surface area contributed by atoms with Gasteiger partial charge in [-0.2, -0.15) is 0 Å². The van der Waals surface area contributed by atoms with Crippen LogP contribution in [0.1, 0.15) is 15.9 Å². The molecule has 0 aliphatic heterocycles. The van der Waals surface area contributed by atoms with Crippen molar-refractivity contribution in [2.45, 2.75) is 5.75 Å². The Morgan fingerprint density at radius 3 is 2.72 bits per heavy atom. The maximum absolute atomic E-state index is 12.4. The van der Waals surface area contributed by atoms with Gasteiger partial charge in [-0.3, -0.25) is 14.3 Å². The molecule has 2 aromatic carbocycles. The van der Waals surface area contributed by atoms with Crippen molar-refractivity contribution in [2.24, 2.45) is 0 Å². The van der Waals surface area contributed by atoms with Crippen LogP contribution in [0.2, 0.25) is 5.02 Å². The molecule has 1 atom stereocenters. The summed E-state index contributed by atoms with van der Waals surface area (Å²) in [7, 11) is -0.947. The minimum absolute atomic E-state index is 0.235. The fourth-order valence-electron chi connectivity index (χ4n) is 2.29. The van der Waals surface area contributed by atoms with Gasteiger partial charge in [-0.15, -0.1) is 11.3 Å². The Hall–Kier alpha value is -2.02. The molecule has 25 heavy (non-hydrogen) atoms. The number of hydrogen-bond acceptors (Lipinski definition) is 4. The SMILES string of the molecule is CS(=O)Cc1cccc(C(=O)Nc2nc(-c3ccc(Cl)cc3)cs2)c1. The highest BCUT2D eigenvalue weighted by atomic mass is 35.5. The number of nitrogens with one attached hydrogen (secondary N) is 1. The third-order valence-electron chi connectivity index (χ3n) is 3.42. The van der Waals surface area contributed by atoms with Crippen molar-refractivity contribution in [1.82, 2.24) is 4.98 Å². The van der Waals surface area contributed by atoms with Crippen LogP contribution in [0.5, 0.6) is 0 Å². The predicted molar refractivity (Wildman–Crippen MR) is 105 cm³/mol. The van der Waals surface area contributed by atoms with Gasteiger partial charge in [0.25, 0.3) is 5.91 Å². The van der Waals surface area contributed by atoms with E-state index in [0.29, 0.717) is 21.5 Å². The van der Waals surface area contributed by atoms with E-state index >= 15 is 0 Å². The second-order valence-electron chi connectivity index (χ2n) is 5.42. The Morgan fingerprint density at radius 2 is 2.00 bits per heavy atom. The van der Waals surface area contributed by atoms with Gasteiger partial charge in [0.05, 0.1) is 5.69 Å². The molecule has 1 aromatic heterocycles. The Morgan fingerprint density at radius 1 is 1.24 bits per heavy atom. The molecule has 0 saturated carbocycles. The van der Waals surface area contributed by atoms with Gasteiger partial charge >= 0.3 is 0 Å². The fourth-order valence-corrected chi connectivity index (χ4v) is 3.78. The number of carbonyl (C=O) groups is 1. The zero-order chi connectivity index (χ0) is 17.8. The summed E-state index contributed by atoms with van der Waals surface area (Å²) in [5.41, 5.74) is 3.11. The summed E-state index contributed by atoms with van der Waals surface area (Å²) < 4.78 is 11.3. The topological polar surface area (TPSA) is 59.1 Å². The van der Waals surface area contributed by atoms with Crippen molar-refractivity contribution in [3.63, 3.8) is 0 Å². The van der Waals surface area contributed by atoms with Crippen LogP contribution >= 0.6 is 22.9 Å². The van der Waals surface area contributed by atoms with E-state index < -0.39 is 10.8 Å². The number of anilines is 1. The largest absolute Gasteiger partial charge is 0.298 e. The maximum atomic E-state index is 12.4. The molecule has 1 amide bonds. The number of benzene rings is 2. The summed E-state index contributed by atoms with van der Waals surface area (Å²) in [6.45, 7) is 0. The molecular weight excluding hydrogens is 376 g/mol. The monoisotopic (exact) mass is 390 g/mol. The van der Waals surface area contributed by atoms with Crippen molar-refractivity contribution in [1.29, 1.82) is 0 Å². The van der Waals surface area contributed by atoms with E-state index in [0.717, 1.165) is 16.8 Å². The molecule has 128 valence electrons. The summed E-state index contributed by atoms with van der Waals surface area (Å²) >= 11 is 7.25. The van der Waals surface area contributed by atoms with E-state index in [1.54, 1.807) is 36.6 Å². The van der Waals surface area contributed by atoms with Crippen molar-refractivity contribution in [3.05, 3.63) is 70.1 Å². The van der Waals surface area contributed by atoms with Crippen molar-refractivity contribution in [3.8, 4) is 11.3 Å². The number of rotatable bonds is 5. The van der Waals surface area contributed by atoms with Gasteiger partial charge in [-0.05, 0) is 29.8 Å². The molecule has 1 N–H and O–H groups in total. The Labute approximate surface area is 157 Å². The highest BCUT2D eigenvalue weighted by Gasteiger charge is 2.11. The van der Waals surface area contributed by atoms with Gasteiger partial charge in [0.15, 0.2) is 5.13 Å². The van der Waals surface area contributed by atoms with Crippen LogP contribution in [0, 0.1) is 0 Å². The van der Waals surface area contributed by atoms with Gasteiger partial charge in [-0.1, -0.05) is 35.9 Å². The van der Waals surface area contributed by atoms with Gasteiger partial charge in [0.1, 0.15) is 0 Å². The van der Waals surface area contributed by atoms with Crippen LogP contribution < -0.4 is 5.32 Å². The van der Waals surface area contributed by atoms with Crippen molar-refractivity contribution < 1.29 is 9.00 Å². The van der Waals surface area contributed by atoms with E-state index in [-0.39, 0.29) is 5.91 Å². The molecule has 0 bridgehead atoms. The minimum Gasteiger partial charge on any atom is -0.298 e. The van der Waals surface area contributed by atoms with Gasteiger partial charge in [-0.25, -0.2) is 4.98 Å². The second-order valence-corrected chi connectivity index (χ2v) is 8.15. The lowest BCUT2D eigenvalue weighted by Gasteiger charge is -2.04. The standard InChI is InChI=1S/C18H15ClN2O2S2/c1-25(23)11-12-3-2-4-14(9-12)17(22)21-18-20-16(10-24-18)13-5-7-15(19)8-6-13/h2-10H,11H2,1H3,(H,20,21,22). The molecule has 0 fully saturated rings. The first-order chi connectivity index (χ1) is 12.0. The van der Waals surface area contributed by atoms with Crippen molar-refractivity contribution in [2.75, 3.05) is 11.6 Å². The highest BCUT2D eigenvalue weighted by molar-refractivity contribution is 7.83. The first-order valence-corrected chi connectivity index (χ1v) is 10.4. The summed E-state index contributed by atoms with van der Waals surface area (Å²) in [6, 6.07) is 14.5. The number of thiazole rings is 1. The first kappa shape index (κ1) is 17.8. The van der Waals surface area contributed by atoms with E-state index in [4.69, 9.17) is 11.6 Å². The molecule has 1 heterocycles. The lowest BCUT2D eigenvalue weighted by atomic mass is 10.1. The van der Waals surface area contributed by atoms with E-state index in [9.17, 15) is 9.00 Å². The first-order valence-electron chi connectivity index (χ1n) is 7.43. The van der Waals surface area contributed by atoms with Crippen molar-refractivity contribution >= 4 is 44.8 Å². The number of aromatic nitrogens is 1. The van der Waals surface area contributed by atoms with Crippen LogP contribution in [-0.4, -0.2) is 21.4 Å². The zero-order valence-electron chi connectivity index (χ0n) is 13.4. The van der Waals surface area contributed by atoms with E-state index in [1.807, 2.05) is 23.6 Å². The quantitative estimate of drug-likeness (QED) is 0.692. The molecule has 7 heteroatoms. The highest BCUT2D eigenvalue weighted by Crippen LogP contribution is 2.26. The number of halogens is 1. The molecule has 0 aliphatic rings. The van der Waals surface area contributed by atoms with E-state index in [1.165, 1.54) is 11.3 Å². The number of carbonyl (C=O) groups excluding carboxylic acids is 1. The second kappa shape index (κ2) is 7.91. The molecule has 0 aliphatic carbocycles. The minimum atomic E-state index is -0.947. The number of nitrogens with zero attached hydrogens (tertiary/aromatic N) is 1. The lowest BCUT2D eigenvalue weighted by molar-refractivity contribution is 0.102. The van der Waals surface area contributed by atoms with E-state index in [2.05, 4.69) is 10.3 Å². The summed E-state index contributed by atoms with van der Waals surface area (Å²) in [6.07, 6.45) is 1.64. The Kier molecular flexibility index (Phi) is 5.63. The number of amides is 1. The fraction of sp³-hybridized carbons (Fsp3) is 0.111. The molecule has 0 radical (unpaired) electrons. The third-order valence-corrected chi connectivity index (χ3v) is 5.17. The Bertz CT molecular complexity index is 923. The summed E-state index contributed by atoms with van der Waals surface area (Å²) in [4.78, 5) is 16.8. The molecular formula is C18H15ClN2O2S2. The number of hydrogen-bond donors (Lipinski definition) is 1. The van der Waals surface area contributed by atoms with Gasteiger partial charge in [0, 0.05) is 44.3 Å². The lowest BCUT2D eigenvalue weighted by Crippen LogP contribution is -2.12. The van der Waals surface area contributed by atoms with Gasteiger partial charge in [0.2, 0.25) is 0 Å². The van der Waals surface area contributed by atoms with Crippen LogP contribution in [0.25, 0.3) is 11.3 Å². The van der Waals surface area contributed by atoms with Gasteiger partial charge < -0.3 is 0 Å². The molecule has 4 nitrogen and oxygen atoms in total. The third kappa shape index (κ3) is 4.75. The van der Waals surface area contributed by atoms with Crippen LogP contribution in [-0.2, 0) is 16.6 Å². The maximum Gasteiger partial charge on any atom is 0.257 e. The summed E-state index contributed by atoms with van der Waals surface area (Å²) in [5, 5.41) is 5.89. The molecule has 1 unspecified atom stereocenters. The Balaban J connectivity index is 1.73. The predicted octanol–water partition coefficient (Wildman–Crippen LogP) is 4.59. The molecule has 0 spiro atoms. The normalized spacial score (nSPS) is 11.9. The average molecular weight is 391 g/mol. The average Bonchev–Trinajstić information content (AvgIpc) is 3.03. The van der Waals surface area contributed by atoms with Crippen LogP contribution in [0.3, 0.4) is 0 Å². The summed E-state index contributed by atoms with van der Waals surface area (Å²) in [5.74, 6) is 0.194. The molecule has 0 saturated heterocycles.